The zero-order valence-electron chi connectivity index (χ0n) is 11.2. The average Bonchev–Trinajstić information content (AvgIpc) is 2.46. The van der Waals surface area contributed by atoms with Crippen molar-refractivity contribution < 1.29 is 4.79 Å². The van der Waals surface area contributed by atoms with Gasteiger partial charge in [-0.1, -0.05) is 34.5 Å². The number of nitrogens with zero attached hydrogens (tertiary/aromatic N) is 2. The Hall–Kier alpha value is -1.90. The molecule has 0 aliphatic heterocycles. The number of amides is 1. The number of nitrogens with one attached hydrogen (secondary N) is 1. The lowest BCUT2D eigenvalue weighted by Crippen LogP contribution is -2.13. The molecule has 1 aromatic carbocycles. The second kappa shape index (κ2) is 6.70. The van der Waals surface area contributed by atoms with Gasteiger partial charge in [0, 0.05) is 15.7 Å². The maximum Gasteiger partial charge on any atom is 0.255 e. The molecule has 2 rings (SSSR count). The molecule has 0 radical (unpaired) electrons. The first kappa shape index (κ1) is 15.5. The zero-order chi connectivity index (χ0) is 15.4. The molecule has 1 aromatic heterocycles. The van der Waals surface area contributed by atoms with Crippen molar-refractivity contribution in [3.8, 4) is 6.07 Å². The van der Waals surface area contributed by atoms with Crippen LogP contribution in [0.5, 0.6) is 0 Å². The summed E-state index contributed by atoms with van der Waals surface area (Å²) < 4.78 is 0.777. The fraction of sp³-hybridized carbons (Fsp3) is 0.133. The molecule has 4 nitrogen and oxygen atoms in total. The monoisotopic (exact) mass is 363 g/mol. The van der Waals surface area contributed by atoms with Crippen LogP contribution in [0, 0.1) is 11.3 Å². The summed E-state index contributed by atoms with van der Waals surface area (Å²) in [6.07, 6.45) is 0.682. The summed E-state index contributed by atoms with van der Waals surface area (Å²) in [5.41, 5.74) is 1.99. The van der Waals surface area contributed by atoms with Crippen LogP contribution in [0.2, 0.25) is 5.15 Å². The average molecular weight is 365 g/mol. The number of pyridine rings is 1. The van der Waals surface area contributed by atoms with Crippen molar-refractivity contribution >= 4 is 39.1 Å². The van der Waals surface area contributed by atoms with Crippen molar-refractivity contribution in [3.05, 3.63) is 56.8 Å². The highest BCUT2D eigenvalue weighted by atomic mass is 79.9. The standard InChI is InChI=1S/C15H11BrClN3O/c1-2-12-5-10(6-14(17)19-12)15(21)20-13-7-11(16)4-3-9(13)8-18/h3-7H,2H2,1H3,(H,20,21). The molecule has 21 heavy (non-hydrogen) atoms. The maximum atomic E-state index is 12.3. The summed E-state index contributed by atoms with van der Waals surface area (Å²) in [6.45, 7) is 1.93. The molecule has 0 fully saturated rings. The van der Waals surface area contributed by atoms with E-state index >= 15 is 0 Å². The molecule has 0 bridgehead atoms. The zero-order valence-corrected chi connectivity index (χ0v) is 13.5. The van der Waals surface area contributed by atoms with Gasteiger partial charge in [0.25, 0.3) is 5.91 Å². The predicted octanol–water partition coefficient (Wildman–Crippen LogP) is 4.18. The first-order valence-corrected chi connectivity index (χ1v) is 7.38. The topological polar surface area (TPSA) is 65.8 Å². The molecule has 0 unspecified atom stereocenters. The summed E-state index contributed by atoms with van der Waals surface area (Å²) in [5, 5.41) is 12.1. The van der Waals surface area contributed by atoms with E-state index in [2.05, 4.69) is 26.2 Å². The van der Waals surface area contributed by atoms with Gasteiger partial charge in [0.1, 0.15) is 11.2 Å². The van der Waals surface area contributed by atoms with Crippen LogP contribution in [0.3, 0.4) is 0 Å². The Bertz CT molecular complexity index is 740. The molecule has 1 heterocycles. The van der Waals surface area contributed by atoms with Crippen molar-refractivity contribution in [3.63, 3.8) is 0 Å². The normalized spacial score (nSPS) is 10.0. The third-order valence-electron chi connectivity index (χ3n) is 2.82. The molecule has 0 aliphatic rings. The first-order valence-electron chi connectivity index (χ1n) is 6.21. The maximum absolute atomic E-state index is 12.3. The Balaban J connectivity index is 2.32. The smallest absolute Gasteiger partial charge is 0.255 e. The molecule has 1 N–H and O–H groups in total. The van der Waals surface area contributed by atoms with Gasteiger partial charge in [-0.2, -0.15) is 5.26 Å². The number of aryl methyl sites for hydroxylation is 1. The SMILES string of the molecule is CCc1cc(C(=O)Nc2cc(Br)ccc2C#N)cc(Cl)n1. The first-order chi connectivity index (χ1) is 10.0. The van der Waals surface area contributed by atoms with Gasteiger partial charge in [0.05, 0.1) is 11.3 Å². The van der Waals surface area contributed by atoms with E-state index in [9.17, 15) is 4.79 Å². The van der Waals surface area contributed by atoms with E-state index in [-0.39, 0.29) is 11.1 Å². The number of halogens is 2. The van der Waals surface area contributed by atoms with Crippen molar-refractivity contribution in [2.24, 2.45) is 0 Å². The van der Waals surface area contributed by atoms with E-state index in [1.54, 1.807) is 24.3 Å². The highest BCUT2D eigenvalue weighted by Crippen LogP contribution is 2.22. The van der Waals surface area contributed by atoms with Crippen molar-refractivity contribution in [2.45, 2.75) is 13.3 Å². The Kier molecular flexibility index (Phi) is 4.94. The van der Waals surface area contributed by atoms with Gasteiger partial charge in [-0.15, -0.1) is 0 Å². The molecular weight excluding hydrogens is 354 g/mol. The predicted molar refractivity (Wildman–Crippen MR) is 85.4 cm³/mol. The third-order valence-corrected chi connectivity index (χ3v) is 3.51. The Labute approximate surface area is 135 Å². The highest BCUT2D eigenvalue weighted by Gasteiger charge is 2.12. The molecule has 6 heteroatoms. The third kappa shape index (κ3) is 3.81. The minimum absolute atomic E-state index is 0.272. The van der Waals surface area contributed by atoms with Gasteiger partial charge in [0.2, 0.25) is 0 Å². The summed E-state index contributed by atoms with van der Waals surface area (Å²) >= 11 is 9.22. The van der Waals surface area contributed by atoms with Gasteiger partial charge >= 0.3 is 0 Å². The van der Waals surface area contributed by atoms with Crippen LogP contribution in [-0.4, -0.2) is 10.9 Å². The van der Waals surface area contributed by atoms with E-state index in [4.69, 9.17) is 16.9 Å². The lowest BCUT2D eigenvalue weighted by atomic mass is 10.1. The number of anilines is 1. The molecule has 0 saturated carbocycles. The van der Waals surface area contributed by atoms with E-state index in [1.807, 2.05) is 13.0 Å². The summed E-state index contributed by atoms with van der Waals surface area (Å²) in [6, 6.07) is 10.3. The van der Waals surface area contributed by atoms with Crippen LogP contribution in [0.25, 0.3) is 0 Å². The van der Waals surface area contributed by atoms with Crippen LogP contribution in [0.4, 0.5) is 5.69 Å². The minimum atomic E-state index is -0.330. The Morgan fingerprint density at radius 3 is 2.86 bits per heavy atom. The van der Waals surface area contributed by atoms with E-state index in [1.165, 1.54) is 6.07 Å². The van der Waals surface area contributed by atoms with Crippen molar-refractivity contribution in [1.29, 1.82) is 5.26 Å². The molecule has 1 amide bonds. The van der Waals surface area contributed by atoms with Gasteiger partial charge in [-0.3, -0.25) is 4.79 Å². The highest BCUT2D eigenvalue weighted by molar-refractivity contribution is 9.10. The molecular formula is C15H11BrClN3O. The van der Waals surface area contributed by atoms with E-state index in [0.717, 1.165) is 10.2 Å². The summed E-state index contributed by atoms with van der Waals surface area (Å²) in [4.78, 5) is 16.4. The number of hydrogen-bond acceptors (Lipinski definition) is 3. The largest absolute Gasteiger partial charge is 0.321 e. The van der Waals surface area contributed by atoms with Crippen LogP contribution in [-0.2, 0) is 6.42 Å². The lowest BCUT2D eigenvalue weighted by Gasteiger charge is -2.09. The van der Waals surface area contributed by atoms with Crippen LogP contribution < -0.4 is 5.32 Å². The van der Waals surface area contributed by atoms with Crippen LogP contribution >= 0.6 is 27.5 Å². The second-order valence-electron chi connectivity index (χ2n) is 4.28. The number of carbonyl (C=O) groups excluding carboxylic acids is 1. The molecule has 0 spiro atoms. The van der Waals surface area contributed by atoms with Gasteiger partial charge < -0.3 is 5.32 Å². The molecule has 2 aromatic rings. The van der Waals surface area contributed by atoms with Crippen LogP contribution in [0.1, 0.15) is 28.5 Å². The molecule has 106 valence electrons. The number of rotatable bonds is 3. The summed E-state index contributed by atoms with van der Waals surface area (Å²) in [5.74, 6) is -0.330. The summed E-state index contributed by atoms with van der Waals surface area (Å²) in [7, 11) is 0. The van der Waals surface area contributed by atoms with E-state index < -0.39 is 0 Å². The van der Waals surface area contributed by atoms with Gasteiger partial charge in [0.15, 0.2) is 0 Å². The number of nitriles is 1. The fourth-order valence-corrected chi connectivity index (χ4v) is 2.36. The number of hydrogen-bond donors (Lipinski definition) is 1. The lowest BCUT2D eigenvalue weighted by molar-refractivity contribution is 0.102. The second-order valence-corrected chi connectivity index (χ2v) is 5.58. The number of aromatic nitrogens is 1. The number of carbonyl (C=O) groups is 1. The minimum Gasteiger partial charge on any atom is -0.321 e. The molecule has 0 atom stereocenters. The van der Waals surface area contributed by atoms with Gasteiger partial charge in [-0.05, 0) is 36.8 Å². The Morgan fingerprint density at radius 1 is 1.43 bits per heavy atom. The van der Waals surface area contributed by atoms with E-state index in [0.29, 0.717) is 23.2 Å². The van der Waals surface area contributed by atoms with Crippen LogP contribution in [0.15, 0.2) is 34.8 Å². The quantitative estimate of drug-likeness (QED) is 0.831. The van der Waals surface area contributed by atoms with Crippen molar-refractivity contribution in [2.75, 3.05) is 5.32 Å². The van der Waals surface area contributed by atoms with Crippen molar-refractivity contribution in [1.82, 2.24) is 4.98 Å². The molecule has 0 aliphatic carbocycles. The number of benzene rings is 1. The Morgan fingerprint density at radius 2 is 2.19 bits per heavy atom. The van der Waals surface area contributed by atoms with Gasteiger partial charge in [-0.25, -0.2) is 4.98 Å². The fourth-order valence-electron chi connectivity index (χ4n) is 1.78. The molecule has 0 saturated heterocycles.